The van der Waals surface area contributed by atoms with Gasteiger partial charge in [-0.2, -0.15) is 0 Å². The van der Waals surface area contributed by atoms with Gasteiger partial charge in [-0.1, -0.05) is 32.5 Å². The van der Waals surface area contributed by atoms with Crippen LogP contribution < -0.4 is 0 Å². The van der Waals surface area contributed by atoms with E-state index in [1.54, 1.807) is 12.2 Å². The number of benzene rings is 1. The highest BCUT2D eigenvalue weighted by Gasteiger charge is 2.47. The van der Waals surface area contributed by atoms with Crippen LogP contribution in [0, 0.1) is 0 Å². The average Bonchev–Trinajstić information content (AvgIpc) is 2.98. The van der Waals surface area contributed by atoms with E-state index in [9.17, 15) is 9.35 Å². The van der Waals surface area contributed by atoms with Crippen molar-refractivity contribution in [2.24, 2.45) is 4.40 Å². The molecule has 1 N–H and O–H groups in total. The first-order valence-corrected chi connectivity index (χ1v) is 10.6. The Morgan fingerprint density at radius 2 is 2.04 bits per heavy atom. The second kappa shape index (κ2) is 9.16. The topological polar surface area (TPSA) is 85.2 Å². The van der Waals surface area contributed by atoms with Crippen LogP contribution in [0.1, 0.15) is 12.0 Å². The summed E-state index contributed by atoms with van der Waals surface area (Å²) in [5.41, 5.74) is 2.11. The van der Waals surface area contributed by atoms with Gasteiger partial charge in [0.2, 0.25) is 5.25 Å². The largest absolute Gasteiger partial charge is 0.590 e. The third kappa shape index (κ3) is 4.70. The van der Waals surface area contributed by atoms with Crippen molar-refractivity contribution in [1.29, 1.82) is 0 Å². The van der Waals surface area contributed by atoms with Gasteiger partial charge in [0.15, 0.2) is 5.76 Å². The maximum Gasteiger partial charge on any atom is 0.256 e. The zero-order valence-electron chi connectivity index (χ0n) is 14.9. The fourth-order valence-corrected chi connectivity index (χ4v) is 4.42. The molecular formula is C19H21BrN2O4S. The minimum Gasteiger partial charge on any atom is -0.590 e. The van der Waals surface area contributed by atoms with E-state index in [4.69, 9.17) is 9.84 Å². The van der Waals surface area contributed by atoms with E-state index in [1.807, 2.05) is 36.2 Å². The van der Waals surface area contributed by atoms with E-state index in [1.165, 1.54) is 0 Å². The van der Waals surface area contributed by atoms with Gasteiger partial charge in [-0.05, 0) is 37.8 Å². The van der Waals surface area contributed by atoms with Crippen molar-refractivity contribution < 1.29 is 19.2 Å². The van der Waals surface area contributed by atoms with Crippen LogP contribution in [0.5, 0.6) is 0 Å². The van der Waals surface area contributed by atoms with E-state index >= 15 is 0 Å². The molecule has 2 unspecified atom stereocenters. The minimum absolute atomic E-state index is 0.114. The van der Waals surface area contributed by atoms with E-state index in [2.05, 4.69) is 20.3 Å². The summed E-state index contributed by atoms with van der Waals surface area (Å²) in [4.78, 5) is 14.7. The van der Waals surface area contributed by atoms with Crippen molar-refractivity contribution in [2.75, 3.05) is 33.4 Å². The minimum atomic E-state index is -1.64. The molecule has 0 fully saturated rings. The lowest BCUT2D eigenvalue weighted by Gasteiger charge is -2.19. The summed E-state index contributed by atoms with van der Waals surface area (Å²) in [5.74, 6) is -0.0559. The highest BCUT2D eigenvalue weighted by molar-refractivity contribution is 9.10. The number of fused-ring (bicyclic) bond motifs is 1. The van der Waals surface area contributed by atoms with Gasteiger partial charge in [0, 0.05) is 28.7 Å². The Morgan fingerprint density at radius 3 is 2.74 bits per heavy atom. The molecule has 27 heavy (non-hydrogen) atoms. The first kappa shape index (κ1) is 20.3. The summed E-state index contributed by atoms with van der Waals surface area (Å²) in [6.07, 6.45) is 4.15. The van der Waals surface area contributed by atoms with Crippen molar-refractivity contribution in [3.05, 3.63) is 57.8 Å². The van der Waals surface area contributed by atoms with Gasteiger partial charge >= 0.3 is 0 Å². The summed E-state index contributed by atoms with van der Waals surface area (Å²) >= 11 is 1.75. The maximum absolute atomic E-state index is 12.7. The normalized spacial score (nSPS) is 21.7. The highest BCUT2D eigenvalue weighted by atomic mass is 79.9. The zero-order valence-corrected chi connectivity index (χ0v) is 17.3. The molecule has 2 aliphatic rings. The van der Waals surface area contributed by atoms with Gasteiger partial charge in [-0.25, -0.2) is 0 Å². The molecule has 0 radical (unpaired) electrons. The number of hydrogen-bond donors (Lipinski definition) is 1. The first-order chi connectivity index (χ1) is 13.0. The number of hydrogen-bond acceptors (Lipinski definition) is 6. The number of aliphatic hydroxyl groups excluding tert-OH is 1. The maximum atomic E-state index is 12.7. The Morgan fingerprint density at radius 1 is 1.30 bits per heavy atom. The number of aliphatic hydroxyl groups is 1. The standard InChI is InChI=1S/C19H21BrN2O4S/c1-22(10-11-23)9-2-12-26-16-8-7-15-17(13-3-5-14(20)6-4-13)21-27(25)19(15)18(16)24/h3-8,19,23H,2,9-12H2,1H3. The zero-order chi connectivity index (χ0) is 19.4. The van der Waals surface area contributed by atoms with Gasteiger partial charge in [-0.15, -0.1) is 0 Å². The SMILES string of the molecule is CN(CCO)CCCOC1=CC=C2C(c3ccc(Br)cc3)=N[S+]([O-])C2C1=O. The summed E-state index contributed by atoms with van der Waals surface area (Å²) < 4.78 is 23.2. The van der Waals surface area contributed by atoms with Crippen LogP contribution in [0.15, 0.2) is 56.6 Å². The number of halogens is 1. The molecule has 2 atom stereocenters. The van der Waals surface area contributed by atoms with Crippen molar-refractivity contribution >= 4 is 38.8 Å². The number of allylic oxidation sites excluding steroid dienone is 3. The number of carbonyl (C=O) groups excluding carboxylic acids is 1. The summed E-state index contributed by atoms with van der Waals surface area (Å²) in [5, 5.41) is 8.09. The summed E-state index contributed by atoms with van der Waals surface area (Å²) in [6.45, 7) is 1.86. The molecule has 0 saturated carbocycles. The molecule has 144 valence electrons. The van der Waals surface area contributed by atoms with E-state index in [0.29, 0.717) is 24.4 Å². The van der Waals surface area contributed by atoms with Crippen molar-refractivity contribution in [1.82, 2.24) is 4.90 Å². The number of carbonyl (C=O) groups is 1. The van der Waals surface area contributed by atoms with Crippen LogP contribution in [0.4, 0.5) is 0 Å². The molecule has 0 bridgehead atoms. The quantitative estimate of drug-likeness (QED) is 0.481. The Hall–Kier alpha value is -1.45. The van der Waals surface area contributed by atoms with Gasteiger partial charge in [0.1, 0.15) is 17.1 Å². The Bertz CT molecular complexity index is 791. The Labute approximate surface area is 170 Å². The lowest BCUT2D eigenvalue weighted by Crippen LogP contribution is -2.33. The number of ketones is 1. The predicted octanol–water partition coefficient (Wildman–Crippen LogP) is 2.01. The second-order valence-electron chi connectivity index (χ2n) is 6.35. The number of Topliss-reactive ketones (excluding diaryl/α,β-unsaturated/α-hetero) is 1. The van der Waals surface area contributed by atoms with Crippen LogP contribution in [-0.2, 0) is 20.9 Å². The monoisotopic (exact) mass is 452 g/mol. The van der Waals surface area contributed by atoms with Crippen LogP contribution in [0.2, 0.25) is 0 Å². The molecule has 1 aromatic rings. The molecule has 0 spiro atoms. The molecule has 8 heteroatoms. The molecule has 1 aliphatic carbocycles. The summed E-state index contributed by atoms with van der Waals surface area (Å²) in [6, 6.07) is 7.54. The number of rotatable bonds is 8. The van der Waals surface area contributed by atoms with E-state index in [-0.39, 0.29) is 18.1 Å². The van der Waals surface area contributed by atoms with E-state index in [0.717, 1.165) is 23.0 Å². The lowest BCUT2D eigenvalue weighted by molar-refractivity contribution is -0.118. The molecule has 1 aliphatic heterocycles. The molecule has 3 rings (SSSR count). The third-order valence-corrected chi connectivity index (χ3v) is 6.14. The average molecular weight is 453 g/mol. The molecule has 0 amide bonds. The first-order valence-electron chi connectivity index (χ1n) is 8.65. The van der Waals surface area contributed by atoms with Gasteiger partial charge < -0.3 is 19.3 Å². The molecule has 1 heterocycles. The van der Waals surface area contributed by atoms with Crippen LogP contribution in [-0.4, -0.2) is 64.7 Å². The van der Waals surface area contributed by atoms with Gasteiger partial charge in [0.05, 0.1) is 13.2 Å². The van der Waals surface area contributed by atoms with Crippen LogP contribution >= 0.6 is 15.9 Å². The highest BCUT2D eigenvalue weighted by Crippen LogP contribution is 2.33. The molecule has 0 saturated heterocycles. The van der Waals surface area contributed by atoms with Crippen molar-refractivity contribution in [2.45, 2.75) is 11.7 Å². The van der Waals surface area contributed by atoms with Crippen molar-refractivity contribution in [3.63, 3.8) is 0 Å². The smallest absolute Gasteiger partial charge is 0.256 e. The number of likely N-dealkylation sites (N-methyl/N-ethyl adjacent to an activating group) is 1. The molecule has 0 aromatic heterocycles. The van der Waals surface area contributed by atoms with Gasteiger partial charge in [-0.3, -0.25) is 4.79 Å². The van der Waals surface area contributed by atoms with Gasteiger partial charge in [0.25, 0.3) is 5.78 Å². The lowest BCUT2D eigenvalue weighted by atomic mass is 9.94. The Kier molecular flexibility index (Phi) is 6.88. The third-order valence-electron chi connectivity index (χ3n) is 4.38. The fourth-order valence-electron chi connectivity index (χ4n) is 2.95. The molecule has 1 aromatic carbocycles. The van der Waals surface area contributed by atoms with Crippen LogP contribution in [0.3, 0.4) is 0 Å². The molecule has 6 nitrogen and oxygen atoms in total. The Balaban J connectivity index is 1.67. The number of nitrogens with zero attached hydrogens (tertiary/aromatic N) is 2. The fraction of sp³-hybridized carbons (Fsp3) is 0.368. The number of ether oxygens (including phenoxy) is 1. The molecular weight excluding hydrogens is 432 g/mol. The van der Waals surface area contributed by atoms with Crippen LogP contribution in [0.25, 0.3) is 0 Å². The second-order valence-corrected chi connectivity index (χ2v) is 8.47. The summed E-state index contributed by atoms with van der Waals surface area (Å²) in [7, 11) is 1.92. The predicted molar refractivity (Wildman–Crippen MR) is 109 cm³/mol. The van der Waals surface area contributed by atoms with E-state index < -0.39 is 16.6 Å². The van der Waals surface area contributed by atoms with Crippen molar-refractivity contribution in [3.8, 4) is 0 Å².